The van der Waals surface area contributed by atoms with Crippen molar-refractivity contribution < 1.29 is 51.0 Å². The molecule has 0 unspecified atom stereocenters. The smallest absolute Gasteiger partial charge is 1.00 e. The van der Waals surface area contributed by atoms with Crippen LogP contribution in [-0.2, 0) is 26.2 Å². The van der Waals surface area contributed by atoms with Gasteiger partial charge >= 0.3 is 26.2 Å². The number of aryl methyl sites for hydroxylation is 2. The van der Waals surface area contributed by atoms with E-state index in [0.717, 1.165) is 16.5 Å². The fourth-order valence-corrected chi connectivity index (χ4v) is 2.95. The molecule has 0 atom stereocenters. The number of benzene rings is 1. The van der Waals surface area contributed by atoms with Gasteiger partial charge in [-0.25, -0.2) is 12.2 Å². The molecular weight excluding hydrogens is 484 g/mol. The van der Waals surface area contributed by atoms with E-state index in [2.05, 4.69) is 71.2 Å². The number of pyridine rings is 1. The summed E-state index contributed by atoms with van der Waals surface area (Å²) in [7, 11) is 0. The molecule has 0 spiro atoms. The molecule has 2 aromatic carbocycles. The average Bonchev–Trinajstić information content (AvgIpc) is 3.11. The van der Waals surface area contributed by atoms with Crippen LogP contribution in [0.15, 0.2) is 53.2 Å². The monoisotopic (exact) mass is 497 g/mol. The molecule has 0 radical (unpaired) electrons. The third kappa shape index (κ3) is 5.33. The number of rotatable bonds is 0. The Labute approximate surface area is 183 Å². The van der Waals surface area contributed by atoms with E-state index in [4.69, 9.17) is 0 Å². The van der Waals surface area contributed by atoms with Gasteiger partial charge in [0.05, 0.1) is 0 Å². The van der Waals surface area contributed by atoms with Gasteiger partial charge in [-0.3, -0.25) is 6.08 Å². The van der Waals surface area contributed by atoms with E-state index < -0.39 is 0 Å². The van der Waals surface area contributed by atoms with Crippen molar-refractivity contribution in [1.82, 2.24) is 4.98 Å². The van der Waals surface area contributed by atoms with E-state index in [0.29, 0.717) is 0 Å². The van der Waals surface area contributed by atoms with Gasteiger partial charge in [-0.2, -0.15) is 12.1 Å². The van der Waals surface area contributed by atoms with E-state index >= 15 is 0 Å². The van der Waals surface area contributed by atoms with Crippen LogP contribution in [0.3, 0.4) is 0 Å². The quantitative estimate of drug-likeness (QED) is 0.308. The number of allylic oxidation sites excluding steroid dienone is 4. The molecule has 1 nitrogen and oxygen atoms in total. The van der Waals surface area contributed by atoms with Crippen LogP contribution in [0.2, 0.25) is 0 Å². The SMILES string of the molecule is Cc1cc2cc3n[c-](Br)ccc3c(C)c2c1.[C-]1=CC=CC1.[Cl-].[Cl-].[Zr+4]. The minimum absolute atomic E-state index is 0. The van der Waals surface area contributed by atoms with E-state index in [1.165, 1.54) is 27.3 Å². The number of fused-ring (bicyclic) bond motifs is 2. The van der Waals surface area contributed by atoms with Crippen LogP contribution >= 0.6 is 15.9 Å². The molecule has 0 amide bonds. The fourth-order valence-electron chi connectivity index (χ4n) is 2.63. The first-order chi connectivity index (χ1) is 10.1. The number of halogens is 3. The van der Waals surface area contributed by atoms with Crippen molar-refractivity contribution in [2.24, 2.45) is 0 Å². The molecule has 122 valence electrons. The Bertz CT molecular complexity index is 859. The van der Waals surface area contributed by atoms with Crippen LogP contribution in [0, 0.1) is 19.9 Å². The second kappa shape index (κ2) is 10.6. The maximum absolute atomic E-state index is 4.51. The zero-order chi connectivity index (χ0) is 14.8. The van der Waals surface area contributed by atoms with E-state index in [9.17, 15) is 0 Å². The van der Waals surface area contributed by atoms with E-state index in [-0.39, 0.29) is 51.0 Å². The van der Waals surface area contributed by atoms with Gasteiger partial charge in [-0.05, 0) is 40.3 Å². The molecule has 3 aromatic rings. The largest absolute Gasteiger partial charge is 4.00 e. The van der Waals surface area contributed by atoms with Gasteiger partial charge in [-0.15, -0.1) is 33.8 Å². The second-order valence-electron chi connectivity index (χ2n) is 5.24. The molecule has 4 rings (SSSR count). The van der Waals surface area contributed by atoms with Crippen LogP contribution in [0.1, 0.15) is 17.5 Å². The minimum Gasteiger partial charge on any atom is -1.00 e. The van der Waals surface area contributed by atoms with Gasteiger partial charge in [0.15, 0.2) is 0 Å². The van der Waals surface area contributed by atoms with Gasteiger partial charge in [0.2, 0.25) is 0 Å². The predicted octanol–water partition coefficient (Wildman–Crippen LogP) is -0.203. The summed E-state index contributed by atoms with van der Waals surface area (Å²) in [5.74, 6) is 0. The van der Waals surface area contributed by atoms with Crippen molar-refractivity contribution in [3.63, 3.8) is 0 Å². The third-order valence-corrected chi connectivity index (χ3v) is 4.08. The molecule has 24 heavy (non-hydrogen) atoms. The normalized spacial score (nSPS) is 11.3. The number of aromatic nitrogens is 1. The summed E-state index contributed by atoms with van der Waals surface area (Å²) in [6, 6.07) is 10.7. The molecule has 0 bridgehead atoms. The van der Waals surface area contributed by atoms with Crippen molar-refractivity contribution in [2.45, 2.75) is 20.3 Å². The molecule has 1 aromatic heterocycles. The molecular formula is C19H16BrCl2NZr. The molecule has 0 saturated carbocycles. The summed E-state index contributed by atoms with van der Waals surface area (Å²) in [6.07, 6.45) is 10.0. The number of nitrogens with zero attached hydrogens (tertiary/aromatic N) is 1. The Morgan fingerprint density at radius 2 is 1.88 bits per heavy atom. The first kappa shape index (κ1) is 23.7. The summed E-state index contributed by atoms with van der Waals surface area (Å²) >= 11 is 3.42. The molecule has 0 fully saturated rings. The van der Waals surface area contributed by atoms with Crippen molar-refractivity contribution in [3.8, 4) is 0 Å². The van der Waals surface area contributed by atoms with Crippen LogP contribution < -0.4 is 24.8 Å². The third-order valence-electron chi connectivity index (χ3n) is 3.64. The molecule has 1 aliphatic rings. The predicted molar refractivity (Wildman–Crippen MR) is 93.6 cm³/mol. The molecule has 5 heteroatoms. The zero-order valence-corrected chi connectivity index (χ0v) is 19.0. The van der Waals surface area contributed by atoms with E-state index in [1.54, 1.807) is 0 Å². The topological polar surface area (TPSA) is 12.9 Å². The van der Waals surface area contributed by atoms with Gasteiger partial charge in [0, 0.05) is 0 Å². The summed E-state index contributed by atoms with van der Waals surface area (Å²) in [5.41, 5.74) is 3.69. The van der Waals surface area contributed by atoms with Crippen molar-refractivity contribution in [1.29, 1.82) is 0 Å². The maximum atomic E-state index is 4.51. The molecule has 1 heterocycles. The standard InChI is InChI=1S/C14H11BrN.C5H5.2ClH.Zr/c1-8-5-10-7-13-11(3-4-14(15)16-13)9(2)12(10)6-8;1-2-4-5-3-1;;;/h3-7H,1-2H3;1-3H,4H2;2*1H;/q2*-1;;;+4/p-2. The Kier molecular flexibility index (Phi) is 10.5. The van der Waals surface area contributed by atoms with Crippen LogP contribution in [0.4, 0.5) is 0 Å². The Hall–Kier alpha value is -0.337. The van der Waals surface area contributed by atoms with Gasteiger partial charge in [0.1, 0.15) is 0 Å². The van der Waals surface area contributed by atoms with Gasteiger partial charge in [-0.1, -0.05) is 23.8 Å². The van der Waals surface area contributed by atoms with Crippen LogP contribution in [-0.4, -0.2) is 4.98 Å². The Balaban J connectivity index is 0.000000578. The number of hydrogen-bond donors (Lipinski definition) is 0. The van der Waals surface area contributed by atoms with Gasteiger partial charge in [0.25, 0.3) is 0 Å². The zero-order valence-electron chi connectivity index (χ0n) is 13.4. The first-order valence-corrected chi connectivity index (χ1v) is 7.79. The van der Waals surface area contributed by atoms with Crippen LogP contribution in [0.5, 0.6) is 0 Å². The first-order valence-electron chi connectivity index (χ1n) is 7.00. The van der Waals surface area contributed by atoms with Crippen molar-refractivity contribution in [3.05, 3.63) is 70.4 Å². The number of hydrogen-bond acceptors (Lipinski definition) is 1. The van der Waals surface area contributed by atoms with Crippen molar-refractivity contribution >= 4 is 37.6 Å². The Morgan fingerprint density at radius 3 is 2.46 bits per heavy atom. The van der Waals surface area contributed by atoms with Crippen molar-refractivity contribution in [2.75, 3.05) is 0 Å². The molecule has 1 aliphatic carbocycles. The summed E-state index contributed by atoms with van der Waals surface area (Å²) < 4.78 is 0.891. The molecule has 0 saturated heterocycles. The molecule has 0 N–H and O–H groups in total. The maximum Gasteiger partial charge on any atom is 4.00 e. The van der Waals surface area contributed by atoms with Gasteiger partial charge < -0.3 is 29.8 Å². The Morgan fingerprint density at radius 1 is 1.12 bits per heavy atom. The van der Waals surface area contributed by atoms with E-state index in [1.807, 2.05) is 18.2 Å². The van der Waals surface area contributed by atoms with Crippen LogP contribution in [0.25, 0.3) is 21.7 Å². The summed E-state index contributed by atoms with van der Waals surface area (Å²) in [4.78, 5) is 4.51. The molecule has 0 aliphatic heterocycles. The fraction of sp³-hybridized carbons (Fsp3) is 0.158. The summed E-state index contributed by atoms with van der Waals surface area (Å²) in [5, 5.41) is 3.86. The summed E-state index contributed by atoms with van der Waals surface area (Å²) in [6.45, 7) is 4.30. The minimum atomic E-state index is 0. The second-order valence-corrected chi connectivity index (χ2v) is 6.05. The average molecular weight is 500 g/mol.